The summed E-state index contributed by atoms with van der Waals surface area (Å²) in [5.74, 6) is 0.712. The lowest BCUT2D eigenvalue weighted by atomic mass is 9.95. The number of hydrogen-bond donors (Lipinski definition) is 1. The van der Waals surface area contributed by atoms with Gasteiger partial charge in [-0.1, -0.05) is 29.4 Å². The van der Waals surface area contributed by atoms with Gasteiger partial charge in [0.1, 0.15) is 0 Å². The molecule has 0 saturated carbocycles. The highest BCUT2D eigenvalue weighted by molar-refractivity contribution is 7.22. The number of fused-ring (bicyclic) bond motifs is 1. The first-order chi connectivity index (χ1) is 12.7. The largest absolute Gasteiger partial charge is 0.381 e. The van der Waals surface area contributed by atoms with Gasteiger partial charge < -0.3 is 10.1 Å². The van der Waals surface area contributed by atoms with Gasteiger partial charge in [0.15, 0.2) is 5.13 Å². The van der Waals surface area contributed by atoms with E-state index >= 15 is 0 Å². The number of aromatic nitrogens is 1. The Hall–Kier alpha value is -1.21. The van der Waals surface area contributed by atoms with E-state index < -0.39 is 0 Å². The Balaban J connectivity index is 1.43. The van der Waals surface area contributed by atoms with Crippen LogP contribution in [0.25, 0.3) is 10.2 Å². The van der Waals surface area contributed by atoms with E-state index in [1.807, 2.05) is 18.2 Å². The minimum atomic E-state index is -0.0535. The predicted octanol–water partition coefficient (Wildman–Crippen LogP) is 4.17. The summed E-state index contributed by atoms with van der Waals surface area (Å²) in [7, 11) is 0. The fourth-order valence-electron chi connectivity index (χ4n) is 3.91. The molecule has 7 heteroatoms. The first-order valence-electron chi connectivity index (χ1n) is 9.38. The maximum atomic E-state index is 12.9. The molecule has 1 aromatic carbocycles. The first kappa shape index (κ1) is 18.2. The van der Waals surface area contributed by atoms with Crippen molar-refractivity contribution >= 4 is 44.2 Å². The summed E-state index contributed by atoms with van der Waals surface area (Å²) in [4.78, 5) is 19.8. The van der Waals surface area contributed by atoms with Crippen LogP contribution in [-0.4, -0.2) is 48.1 Å². The monoisotopic (exact) mass is 393 g/mol. The Kier molecular flexibility index (Phi) is 5.74. The number of halogens is 1. The van der Waals surface area contributed by atoms with Crippen molar-refractivity contribution in [2.45, 2.75) is 38.1 Å². The zero-order valence-electron chi connectivity index (χ0n) is 14.7. The van der Waals surface area contributed by atoms with Crippen molar-refractivity contribution < 1.29 is 9.53 Å². The van der Waals surface area contributed by atoms with Crippen LogP contribution in [0.2, 0.25) is 5.02 Å². The minimum absolute atomic E-state index is 0.0535. The third-order valence-corrected chi connectivity index (χ3v) is 6.50. The van der Waals surface area contributed by atoms with E-state index in [2.05, 4.69) is 15.2 Å². The van der Waals surface area contributed by atoms with Crippen molar-refractivity contribution in [3.63, 3.8) is 0 Å². The number of nitrogens with one attached hydrogen (secondary N) is 1. The van der Waals surface area contributed by atoms with Crippen LogP contribution in [0, 0.1) is 5.92 Å². The maximum Gasteiger partial charge on any atom is 0.243 e. The fraction of sp³-hybridized carbons (Fsp3) is 0.579. The Morgan fingerprint density at radius 3 is 3.00 bits per heavy atom. The smallest absolute Gasteiger partial charge is 0.243 e. The number of piperidine rings is 1. The summed E-state index contributed by atoms with van der Waals surface area (Å²) in [6, 6.07) is 5.55. The molecule has 4 rings (SSSR count). The highest BCUT2D eigenvalue weighted by Crippen LogP contribution is 2.29. The zero-order chi connectivity index (χ0) is 17.9. The number of anilines is 1. The summed E-state index contributed by atoms with van der Waals surface area (Å²) in [6.07, 6.45) is 5.41. The molecule has 1 unspecified atom stereocenters. The lowest BCUT2D eigenvalue weighted by Gasteiger charge is -2.37. The third-order valence-electron chi connectivity index (χ3n) is 5.33. The zero-order valence-corrected chi connectivity index (χ0v) is 16.3. The Morgan fingerprint density at radius 1 is 1.31 bits per heavy atom. The van der Waals surface area contributed by atoms with Crippen LogP contribution in [0.1, 0.15) is 32.1 Å². The molecule has 1 atom stereocenters. The van der Waals surface area contributed by atoms with Crippen LogP contribution in [0.3, 0.4) is 0 Å². The van der Waals surface area contributed by atoms with Gasteiger partial charge in [0.05, 0.1) is 16.3 Å². The molecule has 2 aromatic rings. The SMILES string of the molecule is O=C(Nc1nc2ccc(Cl)cc2s1)C1CCCCN1CC1CCOCC1. The van der Waals surface area contributed by atoms with Gasteiger partial charge in [-0.25, -0.2) is 4.98 Å². The molecule has 0 bridgehead atoms. The van der Waals surface area contributed by atoms with Crippen LogP contribution in [0.5, 0.6) is 0 Å². The van der Waals surface area contributed by atoms with E-state index in [1.165, 1.54) is 17.8 Å². The topological polar surface area (TPSA) is 54.5 Å². The molecule has 0 radical (unpaired) electrons. The number of amides is 1. The third kappa shape index (κ3) is 4.19. The number of nitrogens with zero attached hydrogens (tertiary/aromatic N) is 2. The van der Waals surface area contributed by atoms with Crippen molar-refractivity contribution in [2.75, 3.05) is 31.6 Å². The summed E-state index contributed by atoms with van der Waals surface area (Å²) in [5, 5.41) is 4.39. The quantitative estimate of drug-likeness (QED) is 0.846. The molecule has 2 aliphatic rings. The van der Waals surface area contributed by atoms with Crippen molar-refractivity contribution in [3.05, 3.63) is 23.2 Å². The Bertz CT molecular complexity index is 775. The van der Waals surface area contributed by atoms with Crippen LogP contribution in [-0.2, 0) is 9.53 Å². The Morgan fingerprint density at radius 2 is 2.15 bits per heavy atom. The second-order valence-electron chi connectivity index (χ2n) is 7.18. The van der Waals surface area contributed by atoms with Gasteiger partial charge in [0, 0.05) is 24.8 Å². The van der Waals surface area contributed by atoms with Crippen molar-refractivity contribution in [3.8, 4) is 0 Å². The van der Waals surface area contributed by atoms with Gasteiger partial charge in [-0.2, -0.15) is 0 Å². The lowest BCUT2D eigenvalue weighted by Crippen LogP contribution is -2.49. The number of likely N-dealkylation sites (tertiary alicyclic amines) is 1. The van der Waals surface area contributed by atoms with E-state index in [-0.39, 0.29) is 11.9 Å². The van der Waals surface area contributed by atoms with E-state index in [9.17, 15) is 4.79 Å². The van der Waals surface area contributed by atoms with Gasteiger partial charge >= 0.3 is 0 Å². The summed E-state index contributed by atoms with van der Waals surface area (Å²) < 4.78 is 6.46. The number of ether oxygens (including phenoxy) is 1. The molecule has 1 aromatic heterocycles. The number of hydrogen-bond acceptors (Lipinski definition) is 5. The normalized spacial score (nSPS) is 22.6. The maximum absolute atomic E-state index is 12.9. The van der Waals surface area contributed by atoms with Gasteiger partial charge in [-0.15, -0.1) is 0 Å². The molecule has 1 N–H and O–H groups in total. The van der Waals surface area contributed by atoms with Gasteiger partial charge in [-0.3, -0.25) is 9.69 Å². The Labute approximate surface area is 162 Å². The number of carbonyl (C=O) groups is 1. The van der Waals surface area contributed by atoms with Crippen LogP contribution >= 0.6 is 22.9 Å². The van der Waals surface area contributed by atoms with Crippen LogP contribution < -0.4 is 5.32 Å². The van der Waals surface area contributed by atoms with Crippen LogP contribution in [0.4, 0.5) is 5.13 Å². The summed E-state index contributed by atoms with van der Waals surface area (Å²) in [5.41, 5.74) is 0.873. The highest BCUT2D eigenvalue weighted by Gasteiger charge is 2.31. The summed E-state index contributed by atoms with van der Waals surface area (Å²) in [6.45, 7) is 3.70. The molecule has 5 nitrogen and oxygen atoms in total. The van der Waals surface area contributed by atoms with Gasteiger partial charge in [-0.05, 0) is 56.3 Å². The second kappa shape index (κ2) is 8.21. The van der Waals surface area contributed by atoms with Crippen LogP contribution in [0.15, 0.2) is 18.2 Å². The average molecular weight is 394 g/mol. The van der Waals surface area contributed by atoms with Crippen molar-refractivity contribution in [1.82, 2.24) is 9.88 Å². The molecule has 1 amide bonds. The number of benzene rings is 1. The molecule has 2 saturated heterocycles. The first-order valence-corrected chi connectivity index (χ1v) is 10.6. The predicted molar refractivity (Wildman–Crippen MR) is 106 cm³/mol. The van der Waals surface area contributed by atoms with E-state index in [1.54, 1.807) is 0 Å². The molecule has 0 aliphatic carbocycles. The molecule has 26 heavy (non-hydrogen) atoms. The summed E-state index contributed by atoms with van der Waals surface area (Å²) >= 11 is 7.52. The molecule has 2 aliphatic heterocycles. The average Bonchev–Trinajstić information content (AvgIpc) is 3.04. The minimum Gasteiger partial charge on any atom is -0.381 e. The fourth-order valence-corrected chi connectivity index (χ4v) is 5.05. The lowest BCUT2D eigenvalue weighted by molar-refractivity contribution is -0.122. The van der Waals surface area contributed by atoms with E-state index in [0.717, 1.165) is 62.2 Å². The highest BCUT2D eigenvalue weighted by atomic mass is 35.5. The van der Waals surface area contributed by atoms with E-state index in [0.29, 0.717) is 16.1 Å². The number of rotatable bonds is 4. The molecule has 140 valence electrons. The standard InChI is InChI=1S/C19H24ClN3O2S/c20-14-4-5-15-17(11-14)26-19(21-15)22-18(24)16-3-1-2-8-23(16)12-13-6-9-25-10-7-13/h4-5,11,13,16H,1-3,6-10,12H2,(H,21,22,24). The second-order valence-corrected chi connectivity index (χ2v) is 8.65. The van der Waals surface area contributed by atoms with Gasteiger partial charge in [0.2, 0.25) is 5.91 Å². The molecular weight excluding hydrogens is 370 g/mol. The number of carbonyl (C=O) groups excluding carboxylic acids is 1. The molecule has 0 spiro atoms. The molecule has 2 fully saturated rings. The van der Waals surface area contributed by atoms with E-state index in [4.69, 9.17) is 16.3 Å². The van der Waals surface area contributed by atoms with Gasteiger partial charge in [0.25, 0.3) is 0 Å². The van der Waals surface area contributed by atoms with Crippen molar-refractivity contribution in [2.24, 2.45) is 5.92 Å². The number of thiazole rings is 1. The molecular formula is C19H24ClN3O2S. The molecule has 3 heterocycles. The van der Waals surface area contributed by atoms with Crippen molar-refractivity contribution in [1.29, 1.82) is 0 Å².